The minimum atomic E-state index is -3.27. The number of sulfone groups is 1. The summed E-state index contributed by atoms with van der Waals surface area (Å²) in [5, 5.41) is 7.91. The van der Waals surface area contributed by atoms with Crippen molar-refractivity contribution in [3.8, 4) is 0 Å². The molecule has 0 bridgehead atoms. The number of hydrogen-bond acceptors (Lipinski definition) is 4. The zero-order valence-electron chi connectivity index (χ0n) is 11.3. The smallest absolute Gasteiger partial charge is 0.175 e. The molecule has 0 saturated carbocycles. The van der Waals surface area contributed by atoms with E-state index >= 15 is 0 Å². The molecule has 0 unspecified atom stereocenters. The lowest BCUT2D eigenvalue weighted by atomic mass is 10.2. The third-order valence-electron chi connectivity index (χ3n) is 3.05. The molecule has 0 aliphatic rings. The van der Waals surface area contributed by atoms with Gasteiger partial charge in [-0.05, 0) is 40.9 Å². The first-order valence-corrected chi connectivity index (χ1v) is 9.30. The highest BCUT2D eigenvalue weighted by atomic mass is 35.5. The Morgan fingerprint density at radius 3 is 2.60 bits per heavy atom. The van der Waals surface area contributed by atoms with E-state index in [1.807, 2.05) is 0 Å². The Morgan fingerprint density at radius 2 is 2.00 bits per heavy atom. The Hall–Kier alpha value is -0.880. The highest BCUT2D eigenvalue weighted by Crippen LogP contribution is 2.24. The van der Waals surface area contributed by atoms with Crippen molar-refractivity contribution >= 4 is 32.8 Å². The molecule has 0 spiro atoms. The van der Waals surface area contributed by atoms with Gasteiger partial charge in [-0.2, -0.15) is 11.3 Å². The summed E-state index contributed by atoms with van der Waals surface area (Å²) in [6.45, 7) is 3.19. The van der Waals surface area contributed by atoms with E-state index in [2.05, 4.69) is 23.0 Å². The summed E-state index contributed by atoms with van der Waals surface area (Å²) in [6.07, 6.45) is 1.20. The molecule has 0 atom stereocenters. The van der Waals surface area contributed by atoms with Gasteiger partial charge in [-0.25, -0.2) is 8.42 Å². The second kappa shape index (κ2) is 6.26. The number of benzene rings is 1. The Bertz CT molecular complexity index is 708. The molecule has 1 N–H and O–H groups in total. The van der Waals surface area contributed by atoms with Crippen LogP contribution in [0.15, 0.2) is 33.9 Å². The molecule has 108 valence electrons. The van der Waals surface area contributed by atoms with Crippen LogP contribution in [0.25, 0.3) is 0 Å². The van der Waals surface area contributed by atoms with E-state index < -0.39 is 9.84 Å². The molecular formula is C14H16ClNO2S2. The SMILES string of the molecule is Cc1cscc1CNCc1c(Cl)cccc1S(C)(=O)=O. The summed E-state index contributed by atoms with van der Waals surface area (Å²) in [7, 11) is -3.27. The highest BCUT2D eigenvalue weighted by Gasteiger charge is 2.15. The lowest BCUT2D eigenvalue weighted by Crippen LogP contribution is -2.15. The Kier molecular flexibility index (Phi) is 4.86. The maximum atomic E-state index is 11.8. The zero-order valence-corrected chi connectivity index (χ0v) is 13.7. The monoisotopic (exact) mass is 329 g/mol. The van der Waals surface area contributed by atoms with Crippen molar-refractivity contribution in [3.05, 3.63) is 50.7 Å². The highest BCUT2D eigenvalue weighted by molar-refractivity contribution is 7.90. The first-order chi connectivity index (χ1) is 9.39. The van der Waals surface area contributed by atoms with E-state index in [1.165, 1.54) is 17.4 Å². The predicted molar refractivity (Wildman–Crippen MR) is 84.2 cm³/mol. The van der Waals surface area contributed by atoms with Crippen LogP contribution < -0.4 is 5.32 Å². The lowest BCUT2D eigenvalue weighted by molar-refractivity contribution is 0.598. The molecule has 0 fully saturated rings. The average Bonchev–Trinajstić information content (AvgIpc) is 2.76. The Morgan fingerprint density at radius 1 is 1.25 bits per heavy atom. The number of hydrogen-bond donors (Lipinski definition) is 1. The second-order valence-electron chi connectivity index (χ2n) is 4.67. The number of thiophene rings is 1. The molecule has 0 saturated heterocycles. The van der Waals surface area contributed by atoms with Gasteiger partial charge in [-0.1, -0.05) is 17.7 Å². The van der Waals surface area contributed by atoms with Crippen LogP contribution >= 0.6 is 22.9 Å². The van der Waals surface area contributed by atoms with Crippen LogP contribution in [0, 0.1) is 6.92 Å². The molecule has 1 aromatic heterocycles. The third kappa shape index (κ3) is 3.61. The van der Waals surface area contributed by atoms with Gasteiger partial charge in [0.1, 0.15) is 0 Å². The van der Waals surface area contributed by atoms with Gasteiger partial charge >= 0.3 is 0 Å². The molecule has 0 aliphatic carbocycles. The molecular weight excluding hydrogens is 314 g/mol. The van der Waals surface area contributed by atoms with Crippen molar-refractivity contribution in [2.75, 3.05) is 6.26 Å². The average molecular weight is 330 g/mol. The van der Waals surface area contributed by atoms with Crippen LogP contribution in [-0.4, -0.2) is 14.7 Å². The topological polar surface area (TPSA) is 46.2 Å². The summed E-state index contributed by atoms with van der Waals surface area (Å²) >= 11 is 7.79. The number of nitrogens with one attached hydrogen (secondary N) is 1. The van der Waals surface area contributed by atoms with Gasteiger partial charge in [0.15, 0.2) is 9.84 Å². The quantitative estimate of drug-likeness (QED) is 0.914. The number of rotatable bonds is 5. The Labute approximate surface area is 128 Å². The molecule has 0 radical (unpaired) electrons. The van der Waals surface area contributed by atoms with Gasteiger partial charge in [0.2, 0.25) is 0 Å². The third-order valence-corrected chi connectivity index (χ3v) is 5.50. The summed E-state index contributed by atoms with van der Waals surface area (Å²) in [4.78, 5) is 0.291. The molecule has 6 heteroatoms. The Balaban J connectivity index is 2.16. The first-order valence-electron chi connectivity index (χ1n) is 6.09. The molecule has 3 nitrogen and oxygen atoms in total. The van der Waals surface area contributed by atoms with Gasteiger partial charge < -0.3 is 5.32 Å². The minimum Gasteiger partial charge on any atom is -0.308 e. The van der Waals surface area contributed by atoms with Gasteiger partial charge in [-0.15, -0.1) is 0 Å². The summed E-state index contributed by atoms with van der Waals surface area (Å²) in [5.41, 5.74) is 3.09. The molecule has 1 aromatic carbocycles. The molecule has 2 aromatic rings. The van der Waals surface area contributed by atoms with Crippen molar-refractivity contribution in [3.63, 3.8) is 0 Å². The van der Waals surface area contributed by atoms with Crippen molar-refractivity contribution in [2.24, 2.45) is 0 Å². The van der Waals surface area contributed by atoms with E-state index in [4.69, 9.17) is 11.6 Å². The molecule has 2 rings (SSSR count). The fraction of sp³-hybridized carbons (Fsp3) is 0.286. The largest absolute Gasteiger partial charge is 0.308 e. The van der Waals surface area contributed by atoms with Gasteiger partial charge in [0.05, 0.1) is 4.90 Å². The number of aryl methyl sites for hydroxylation is 1. The standard InChI is InChI=1S/C14H16ClNO2S2/c1-10-8-19-9-11(10)6-16-7-12-13(15)4-3-5-14(12)20(2,17)18/h3-5,8-9,16H,6-7H2,1-2H3. The fourth-order valence-corrected chi connectivity index (χ4v) is 4.06. The second-order valence-corrected chi connectivity index (χ2v) is 7.81. The van der Waals surface area contributed by atoms with Crippen LogP contribution in [-0.2, 0) is 22.9 Å². The normalized spacial score (nSPS) is 11.8. The first kappa shape index (κ1) is 15.5. The van der Waals surface area contributed by atoms with Crippen LogP contribution in [0.1, 0.15) is 16.7 Å². The van der Waals surface area contributed by atoms with E-state index in [9.17, 15) is 8.42 Å². The van der Waals surface area contributed by atoms with E-state index in [0.29, 0.717) is 28.6 Å². The van der Waals surface area contributed by atoms with Crippen molar-refractivity contribution in [2.45, 2.75) is 24.9 Å². The van der Waals surface area contributed by atoms with Crippen LogP contribution in [0.3, 0.4) is 0 Å². The summed E-state index contributed by atoms with van der Waals surface area (Å²) in [5.74, 6) is 0. The van der Waals surface area contributed by atoms with Crippen LogP contribution in [0.5, 0.6) is 0 Å². The summed E-state index contributed by atoms with van der Waals surface area (Å²) < 4.78 is 23.5. The maximum absolute atomic E-state index is 11.8. The van der Waals surface area contributed by atoms with Gasteiger partial charge in [-0.3, -0.25) is 0 Å². The summed E-state index contributed by atoms with van der Waals surface area (Å²) in [6, 6.07) is 4.96. The minimum absolute atomic E-state index is 0.291. The number of halogens is 1. The lowest BCUT2D eigenvalue weighted by Gasteiger charge is -2.11. The molecule has 0 amide bonds. The van der Waals surface area contributed by atoms with Gasteiger partial charge in [0.25, 0.3) is 0 Å². The van der Waals surface area contributed by atoms with E-state index in [-0.39, 0.29) is 0 Å². The molecule has 0 aliphatic heterocycles. The van der Waals surface area contributed by atoms with E-state index in [0.717, 1.165) is 0 Å². The maximum Gasteiger partial charge on any atom is 0.175 e. The molecule has 20 heavy (non-hydrogen) atoms. The van der Waals surface area contributed by atoms with E-state index in [1.54, 1.807) is 29.5 Å². The zero-order chi connectivity index (χ0) is 14.8. The van der Waals surface area contributed by atoms with Crippen molar-refractivity contribution < 1.29 is 8.42 Å². The van der Waals surface area contributed by atoms with Crippen LogP contribution in [0.2, 0.25) is 5.02 Å². The van der Waals surface area contributed by atoms with Crippen molar-refractivity contribution in [1.82, 2.24) is 5.32 Å². The predicted octanol–water partition coefficient (Wildman–Crippen LogP) is 3.40. The fourth-order valence-electron chi connectivity index (χ4n) is 1.95. The van der Waals surface area contributed by atoms with Crippen LogP contribution in [0.4, 0.5) is 0 Å². The van der Waals surface area contributed by atoms with Gasteiger partial charge in [0, 0.05) is 29.9 Å². The molecule has 1 heterocycles. The van der Waals surface area contributed by atoms with Crippen molar-refractivity contribution in [1.29, 1.82) is 0 Å².